The quantitative estimate of drug-likeness (QED) is 0.879. The summed E-state index contributed by atoms with van der Waals surface area (Å²) in [6.07, 6.45) is 3.43. The third-order valence-corrected chi connectivity index (χ3v) is 2.80. The lowest BCUT2D eigenvalue weighted by molar-refractivity contribution is 0.0946. The molecule has 1 N–H and O–H groups in total. The van der Waals surface area contributed by atoms with E-state index in [2.05, 4.69) is 15.3 Å². The monoisotopic (exact) mass is 233 g/mol. The Labute approximate surface area is 97.4 Å². The van der Waals surface area contributed by atoms with Gasteiger partial charge in [-0.05, 0) is 18.6 Å². The molecule has 0 unspecified atom stereocenters. The summed E-state index contributed by atoms with van der Waals surface area (Å²) in [5, 5.41) is 5.45. The van der Waals surface area contributed by atoms with Gasteiger partial charge >= 0.3 is 0 Å². The summed E-state index contributed by atoms with van der Waals surface area (Å²) in [7, 11) is 0. The molecule has 16 heavy (non-hydrogen) atoms. The first-order valence-electron chi connectivity index (χ1n) is 4.85. The fourth-order valence-corrected chi connectivity index (χ4v) is 1.84. The van der Waals surface area contributed by atoms with Crippen molar-refractivity contribution in [2.45, 2.75) is 13.5 Å². The number of aromatic nitrogens is 2. The van der Waals surface area contributed by atoms with Gasteiger partial charge < -0.3 is 5.32 Å². The van der Waals surface area contributed by atoms with E-state index in [1.165, 1.54) is 11.3 Å². The zero-order chi connectivity index (χ0) is 11.4. The Morgan fingerprint density at radius 3 is 3.06 bits per heavy atom. The Bertz CT molecular complexity index is 481. The van der Waals surface area contributed by atoms with Gasteiger partial charge in [-0.3, -0.25) is 9.78 Å². The number of nitrogens with one attached hydrogen (secondary N) is 1. The third-order valence-electron chi connectivity index (χ3n) is 2.03. The molecule has 0 aliphatic carbocycles. The summed E-state index contributed by atoms with van der Waals surface area (Å²) < 4.78 is 0. The lowest BCUT2D eigenvalue weighted by Gasteiger charge is -2.02. The first-order valence-corrected chi connectivity index (χ1v) is 5.73. The Hall–Kier alpha value is -1.75. The first-order chi connectivity index (χ1) is 7.75. The van der Waals surface area contributed by atoms with E-state index in [-0.39, 0.29) is 5.91 Å². The van der Waals surface area contributed by atoms with Crippen LogP contribution in [0, 0.1) is 6.92 Å². The van der Waals surface area contributed by atoms with E-state index in [1.807, 2.05) is 19.1 Å². The van der Waals surface area contributed by atoms with Crippen LogP contribution >= 0.6 is 11.3 Å². The molecule has 0 atom stereocenters. The van der Waals surface area contributed by atoms with Gasteiger partial charge in [0.05, 0.1) is 5.01 Å². The molecule has 0 radical (unpaired) electrons. The molecule has 0 aromatic carbocycles. The SMILES string of the molecule is Cc1nc(C(=O)NCc2cccnc2)cs1. The summed E-state index contributed by atoms with van der Waals surface area (Å²) in [5.74, 6) is -0.145. The van der Waals surface area contributed by atoms with Gasteiger partial charge in [0.15, 0.2) is 0 Å². The van der Waals surface area contributed by atoms with E-state index in [0.29, 0.717) is 12.2 Å². The van der Waals surface area contributed by atoms with Gasteiger partial charge in [-0.15, -0.1) is 11.3 Å². The van der Waals surface area contributed by atoms with Crippen molar-refractivity contribution >= 4 is 17.2 Å². The van der Waals surface area contributed by atoms with Crippen LogP contribution in [0.5, 0.6) is 0 Å². The average Bonchev–Trinajstić information content (AvgIpc) is 2.74. The van der Waals surface area contributed by atoms with Crippen molar-refractivity contribution in [1.82, 2.24) is 15.3 Å². The highest BCUT2D eigenvalue weighted by atomic mass is 32.1. The largest absolute Gasteiger partial charge is 0.347 e. The Morgan fingerprint density at radius 2 is 2.44 bits per heavy atom. The minimum atomic E-state index is -0.145. The van der Waals surface area contributed by atoms with Crippen LogP contribution < -0.4 is 5.32 Å². The van der Waals surface area contributed by atoms with E-state index in [4.69, 9.17) is 0 Å². The zero-order valence-electron chi connectivity index (χ0n) is 8.80. The Balaban J connectivity index is 1.94. The van der Waals surface area contributed by atoms with E-state index < -0.39 is 0 Å². The van der Waals surface area contributed by atoms with Crippen LogP contribution in [0.25, 0.3) is 0 Å². The molecule has 5 heteroatoms. The number of hydrogen-bond donors (Lipinski definition) is 1. The maximum atomic E-state index is 11.6. The van der Waals surface area contributed by atoms with Crippen LogP contribution in [0.15, 0.2) is 29.9 Å². The topological polar surface area (TPSA) is 54.9 Å². The molecule has 0 spiro atoms. The lowest BCUT2D eigenvalue weighted by Crippen LogP contribution is -2.23. The molecule has 2 rings (SSSR count). The normalized spacial score (nSPS) is 10.1. The highest BCUT2D eigenvalue weighted by Gasteiger charge is 2.08. The van der Waals surface area contributed by atoms with Gasteiger partial charge in [0.1, 0.15) is 5.69 Å². The predicted octanol–water partition coefficient (Wildman–Crippen LogP) is 1.78. The molecular weight excluding hydrogens is 222 g/mol. The van der Waals surface area contributed by atoms with Crippen molar-refractivity contribution in [3.8, 4) is 0 Å². The molecule has 0 saturated heterocycles. The van der Waals surface area contributed by atoms with Crippen LogP contribution in [0.1, 0.15) is 21.1 Å². The number of nitrogens with zero attached hydrogens (tertiary/aromatic N) is 2. The number of rotatable bonds is 3. The van der Waals surface area contributed by atoms with E-state index >= 15 is 0 Å². The molecule has 0 saturated carbocycles. The van der Waals surface area contributed by atoms with Crippen molar-refractivity contribution in [3.63, 3.8) is 0 Å². The van der Waals surface area contributed by atoms with Crippen LogP contribution in [-0.4, -0.2) is 15.9 Å². The lowest BCUT2D eigenvalue weighted by atomic mass is 10.3. The molecule has 4 nitrogen and oxygen atoms in total. The first kappa shape index (κ1) is 10.8. The van der Waals surface area contributed by atoms with Crippen molar-refractivity contribution in [2.24, 2.45) is 0 Å². The number of hydrogen-bond acceptors (Lipinski definition) is 4. The number of thiazole rings is 1. The third kappa shape index (κ3) is 2.64. The number of carbonyl (C=O) groups excluding carboxylic acids is 1. The number of amides is 1. The van der Waals surface area contributed by atoms with E-state index in [1.54, 1.807) is 17.8 Å². The standard InChI is InChI=1S/C11H11N3OS/c1-8-14-10(7-16-8)11(15)13-6-9-3-2-4-12-5-9/h2-5,7H,6H2,1H3,(H,13,15). The highest BCUT2D eigenvalue weighted by molar-refractivity contribution is 7.09. The van der Waals surface area contributed by atoms with Crippen LogP contribution in [0.3, 0.4) is 0 Å². The molecule has 2 heterocycles. The Morgan fingerprint density at radius 1 is 1.56 bits per heavy atom. The summed E-state index contributed by atoms with van der Waals surface area (Å²) in [4.78, 5) is 19.7. The maximum absolute atomic E-state index is 11.6. The summed E-state index contributed by atoms with van der Waals surface area (Å²) in [6.45, 7) is 2.35. The number of carbonyl (C=O) groups is 1. The molecule has 0 aliphatic rings. The fourth-order valence-electron chi connectivity index (χ4n) is 1.24. The zero-order valence-corrected chi connectivity index (χ0v) is 9.62. The second-order valence-electron chi connectivity index (χ2n) is 3.30. The minimum absolute atomic E-state index is 0.145. The second-order valence-corrected chi connectivity index (χ2v) is 4.36. The summed E-state index contributed by atoms with van der Waals surface area (Å²) >= 11 is 1.47. The summed E-state index contributed by atoms with van der Waals surface area (Å²) in [6, 6.07) is 3.76. The van der Waals surface area contributed by atoms with Gasteiger partial charge in [-0.25, -0.2) is 4.98 Å². The fraction of sp³-hybridized carbons (Fsp3) is 0.182. The predicted molar refractivity (Wildman–Crippen MR) is 62.3 cm³/mol. The van der Waals surface area contributed by atoms with E-state index in [9.17, 15) is 4.79 Å². The van der Waals surface area contributed by atoms with Crippen molar-refractivity contribution in [1.29, 1.82) is 0 Å². The highest BCUT2D eigenvalue weighted by Crippen LogP contribution is 2.07. The van der Waals surface area contributed by atoms with Crippen LogP contribution in [0.2, 0.25) is 0 Å². The Kier molecular flexibility index (Phi) is 3.26. The van der Waals surface area contributed by atoms with Gasteiger partial charge in [0, 0.05) is 24.3 Å². The molecule has 2 aromatic heterocycles. The molecule has 2 aromatic rings. The minimum Gasteiger partial charge on any atom is -0.347 e. The number of pyridine rings is 1. The van der Waals surface area contributed by atoms with Crippen molar-refractivity contribution in [2.75, 3.05) is 0 Å². The molecular formula is C11H11N3OS. The average molecular weight is 233 g/mol. The van der Waals surface area contributed by atoms with Crippen LogP contribution in [-0.2, 0) is 6.54 Å². The maximum Gasteiger partial charge on any atom is 0.271 e. The number of aryl methyl sites for hydroxylation is 1. The van der Waals surface area contributed by atoms with Gasteiger partial charge in [-0.1, -0.05) is 6.07 Å². The second kappa shape index (κ2) is 4.85. The molecule has 0 fully saturated rings. The smallest absolute Gasteiger partial charge is 0.271 e. The summed E-state index contributed by atoms with van der Waals surface area (Å²) in [5.41, 5.74) is 1.45. The van der Waals surface area contributed by atoms with E-state index in [0.717, 1.165) is 10.6 Å². The van der Waals surface area contributed by atoms with Crippen LogP contribution in [0.4, 0.5) is 0 Å². The van der Waals surface area contributed by atoms with Crippen molar-refractivity contribution in [3.05, 3.63) is 46.2 Å². The molecule has 82 valence electrons. The molecule has 0 aliphatic heterocycles. The molecule has 0 bridgehead atoms. The van der Waals surface area contributed by atoms with Gasteiger partial charge in [0.25, 0.3) is 5.91 Å². The van der Waals surface area contributed by atoms with Gasteiger partial charge in [-0.2, -0.15) is 0 Å². The van der Waals surface area contributed by atoms with Crippen molar-refractivity contribution < 1.29 is 4.79 Å². The molecule has 1 amide bonds. The van der Waals surface area contributed by atoms with Gasteiger partial charge in [0.2, 0.25) is 0 Å².